The van der Waals surface area contributed by atoms with E-state index in [2.05, 4.69) is 15.5 Å². The Bertz CT molecular complexity index is 1080. The van der Waals surface area contributed by atoms with Crippen molar-refractivity contribution in [3.05, 3.63) is 70.1 Å². The second kappa shape index (κ2) is 8.38. The van der Waals surface area contributed by atoms with Gasteiger partial charge in [-0.1, -0.05) is 32.0 Å². The number of amides is 2. The summed E-state index contributed by atoms with van der Waals surface area (Å²) in [4.78, 5) is 26.6. The number of benzene rings is 2. The Labute approximate surface area is 166 Å². The number of nitrogens with zero attached hydrogens (tertiary/aromatic N) is 2. The van der Waals surface area contributed by atoms with E-state index in [0.29, 0.717) is 12.2 Å². The van der Waals surface area contributed by atoms with Crippen molar-refractivity contribution in [3.63, 3.8) is 0 Å². The van der Waals surface area contributed by atoms with Gasteiger partial charge in [0.05, 0.1) is 17.1 Å². The highest BCUT2D eigenvalue weighted by Gasteiger charge is 2.26. The van der Waals surface area contributed by atoms with E-state index < -0.39 is 23.2 Å². The fraction of sp³-hybridized carbons (Fsp3) is 0.286. The van der Waals surface area contributed by atoms with Crippen molar-refractivity contribution in [2.45, 2.75) is 26.8 Å². The molecule has 2 N–H and O–H groups in total. The molecule has 0 aliphatic rings. The highest BCUT2D eigenvalue weighted by Crippen LogP contribution is 2.27. The molecule has 1 atom stereocenters. The van der Waals surface area contributed by atoms with Gasteiger partial charge in [-0.25, -0.2) is 18.7 Å². The van der Waals surface area contributed by atoms with Crippen LogP contribution in [-0.4, -0.2) is 27.7 Å². The zero-order valence-corrected chi connectivity index (χ0v) is 16.4. The summed E-state index contributed by atoms with van der Waals surface area (Å²) < 4.78 is 27.5. The number of anilines is 1. The van der Waals surface area contributed by atoms with E-state index in [1.807, 2.05) is 19.9 Å². The monoisotopic (exact) mass is 400 g/mol. The van der Waals surface area contributed by atoms with Crippen LogP contribution in [-0.2, 0) is 0 Å². The molecule has 2 amide bonds. The molecule has 8 heteroatoms. The lowest BCUT2D eigenvalue weighted by Crippen LogP contribution is -2.40. The fourth-order valence-electron chi connectivity index (χ4n) is 3.17. The predicted octanol–water partition coefficient (Wildman–Crippen LogP) is 4.45. The Kier molecular flexibility index (Phi) is 5.91. The Hall–Kier alpha value is -3.29. The maximum atomic E-state index is 13.9. The molecule has 3 aromatic rings. The van der Waals surface area contributed by atoms with Gasteiger partial charge in [-0.05, 0) is 37.1 Å². The summed E-state index contributed by atoms with van der Waals surface area (Å²) in [5, 5.41) is 9.34. The Morgan fingerprint density at radius 2 is 1.72 bits per heavy atom. The van der Waals surface area contributed by atoms with Crippen molar-refractivity contribution in [3.8, 4) is 0 Å². The number of para-hydroxylation sites is 1. The van der Waals surface area contributed by atoms with Crippen LogP contribution in [0.25, 0.3) is 10.8 Å². The normalized spacial score (nSPS) is 12.2. The van der Waals surface area contributed by atoms with Gasteiger partial charge >= 0.3 is 6.03 Å². The van der Waals surface area contributed by atoms with E-state index >= 15 is 0 Å². The Morgan fingerprint density at radius 3 is 2.34 bits per heavy atom. The number of rotatable bonds is 5. The number of aromatic nitrogens is 2. The summed E-state index contributed by atoms with van der Waals surface area (Å²) in [7, 11) is 0. The van der Waals surface area contributed by atoms with Crippen molar-refractivity contribution in [1.82, 2.24) is 15.1 Å². The number of halogens is 2. The van der Waals surface area contributed by atoms with Gasteiger partial charge in [-0.2, -0.15) is 5.10 Å². The van der Waals surface area contributed by atoms with Crippen molar-refractivity contribution in [2.24, 2.45) is 5.92 Å². The number of urea groups is 1. The van der Waals surface area contributed by atoms with Crippen LogP contribution in [0.5, 0.6) is 0 Å². The first-order valence-corrected chi connectivity index (χ1v) is 9.28. The van der Waals surface area contributed by atoms with Gasteiger partial charge < -0.3 is 10.2 Å². The molecular formula is C21H22F2N4O2. The molecule has 0 spiro atoms. The zero-order valence-electron chi connectivity index (χ0n) is 16.4. The van der Waals surface area contributed by atoms with Gasteiger partial charge in [0, 0.05) is 17.6 Å². The lowest BCUT2D eigenvalue weighted by atomic mass is 10.0. The zero-order chi connectivity index (χ0) is 21.1. The number of H-pyrrole nitrogens is 1. The highest BCUT2D eigenvalue weighted by atomic mass is 19.2. The average Bonchev–Trinajstić information content (AvgIpc) is 2.68. The molecule has 0 unspecified atom stereocenters. The van der Waals surface area contributed by atoms with Crippen molar-refractivity contribution in [1.29, 1.82) is 0 Å². The topological polar surface area (TPSA) is 78.1 Å². The third-order valence-corrected chi connectivity index (χ3v) is 4.57. The third-order valence-electron chi connectivity index (χ3n) is 4.57. The van der Waals surface area contributed by atoms with Crippen LogP contribution >= 0.6 is 0 Å². The summed E-state index contributed by atoms with van der Waals surface area (Å²) in [6.07, 6.45) is 0. The van der Waals surface area contributed by atoms with Crippen LogP contribution in [0, 0.1) is 17.6 Å². The molecule has 0 bridgehead atoms. The summed E-state index contributed by atoms with van der Waals surface area (Å²) in [5.41, 5.74) is 0.284. The summed E-state index contributed by atoms with van der Waals surface area (Å²) in [6, 6.07) is 9.81. The van der Waals surface area contributed by atoms with Crippen LogP contribution < -0.4 is 10.9 Å². The maximum absolute atomic E-state index is 13.9. The number of hydrogen-bond donors (Lipinski definition) is 2. The van der Waals surface area contributed by atoms with E-state index in [1.165, 1.54) is 0 Å². The smallest absolute Gasteiger partial charge is 0.316 e. The minimum atomic E-state index is -1.12. The maximum Gasteiger partial charge on any atom is 0.322 e. The quantitative estimate of drug-likeness (QED) is 0.664. The van der Waals surface area contributed by atoms with E-state index in [1.54, 1.807) is 36.1 Å². The number of nitrogens with one attached hydrogen (secondary N) is 2. The van der Waals surface area contributed by atoms with Crippen LogP contribution in [0.15, 0.2) is 47.3 Å². The number of fused-ring (bicyclic) bond motifs is 1. The third kappa shape index (κ3) is 4.42. The van der Waals surface area contributed by atoms with E-state index in [9.17, 15) is 18.4 Å². The lowest BCUT2D eigenvalue weighted by Gasteiger charge is -2.31. The SMILES string of the molecule is CC(C)CN(C(=O)Nc1ccccc1)[C@@H](C)c1n[nH]c(=O)c2cc(F)c(F)cc12. The van der Waals surface area contributed by atoms with Crippen LogP contribution in [0.1, 0.15) is 32.5 Å². The molecule has 1 heterocycles. The van der Waals surface area contributed by atoms with Gasteiger partial charge in [-0.3, -0.25) is 4.79 Å². The number of hydrogen-bond acceptors (Lipinski definition) is 3. The molecule has 1 aromatic heterocycles. The molecule has 0 saturated heterocycles. The summed E-state index contributed by atoms with van der Waals surface area (Å²) >= 11 is 0. The molecule has 6 nitrogen and oxygen atoms in total. The lowest BCUT2D eigenvalue weighted by molar-refractivity contribution is 0.182. The minimum Gasteiger partial charge on any atom is -0.316 e. The Balaban J connectivity index is 2.03. The van der Waals surface area contributed by atoms with Crippen LogP contribution in [0.3, 0.4) is 0 Å². The molecule has 0 radical (unpaired) electrons. The molecule has 0 fully saturated rings. The molecule has 3 rings (SSSR count). The van der Waals surface area contributed by atoms with Gasteiger partial charge in [-0.15, -0.1) is 0 Å². The van der Waals surface area contributed by atoms with E-state index in [-0.39, 0.29) is 28.4 Å². The highest BCUT2D eigenvalue weighted by molar-refractivity contribution is 5.90. The Morgan fingerprint density at radius 1 is 1.10 bits per heavy atom. The van der Waals surface area contributed by atoms with Crippen molar-refractivity contribution < 1.29 is 13.6 Å². The molecular weight excluding hydrogens is 378 g/mol. The second-order valence-electron chi connectivity index (χ2n) is 7.27. The number of carbonyl (C=O) groups excluding carboxylic acids is 1. The molecule has 2 aromatic carbocycles. The molecule has 0 aliphatic carbocycles. The summed E-state index contributed by atoms with van der Waals surface area (Å²) in [5.74, 6) is -2.06. The fourth-order valence-corrected chi connectivity index (χ4v) is 3.17. The first-order valence-electron chi connectivity index (χ1n) is 9.28. The van der Waals surface area contributed by atoms with Crippen LogP contribution in [0.2, 0.25) is 0 Å². The molecule has 0 aliphatic heterocycles. The largest absolute Gasteiger partial charge is 0.322 e. The van der Waals surface area contributed by atoms with Gasteiger partial charge in [0.15, 0.2) is 11.6 Å². The molecule has 0 saturated carbocycles. The number of aromatic amines is 1. The molecule has 152 valence electrons. The predicted molar refractivity (Wildman–Crippen MR) is 108 cm³/mol. The van der Waals surface area contributed by atoms with E-state index in [0.717, 1.165) is 12.1 Å². The summed E-state index contributed by atoms with van der Waals surface area (Å²) in [6.45, 7) is 6.05. The van der Waals surface area contributed by atoms with Crippen LogP contribution in [0.4, 0.5) is 19.3 Å². The van der Waals surface area contributed by atoms with Gasteiger partial charge in [0.1, 0.15) is 0 Å². The minimum absolute atomic E-state index is 0.0197. The van der Waals surface area contributed by atoms with Crippen molar-refractivity contribution in [2.75, 3.05) is 11.9 Å². The van der Waals surface area contributed by atoms with Gasteiger partial charge in [0.25, 0.3) is 5.56 Å². The number of carbonyl (C=O) groups is 1. The second-order valence-corrected chi connectivity index (χ2v) is 7.27. The average molecular weight is 400 g/mol. The van der Waals surface area contributed by atoms with Crippen molar-refractivity contribution >= 4 is 22.5 Å². The van der Waals surface area contributed by atoms with E-state index in [4.69, 9.17) is 0 Å². The first-order chi connectivity index (χ1) is 13.8. The molecule has 29 heavy (non-hydrogen) atoms. The van der Waals surface area contributed by atoms with Gasteiger partial charge in [0.2, 0.25) is 0 Å². The first kappa shape index (κ1) is 20.4. The standard InChI is InChI=1S/C21H22F2N4O2/c1-12(2)11-27(21(29)24-14-7-5-4-6-8-14)13(3)19-15-9-17(22)18(23)10-16(15)20(28)26-25-19/h4-10,12-13H,11H2,1-3H3,(H,24,29)(H,26,28)/t13-/m0/s1.